The number of nitrogens with zero attached hydrogens (tertiary/aromatic N) is 2. The van der Waals surface area contributed by atoms with E-state index in [0.29, 0.717) is 24.5 Å². The minimum atomic E-state index is 0.0246. The average molecular weight is 428 g/mol. The van der Waals surface area contributed by atoms with Crippen molar-refractivity contribution in [2.75, 3.05) is 65.5 Å². The number of methoxy groups -OCH3 is 3. The van der Waals surface area contributed by atoms with Crippen LogP contribution in [0.2, 0.25) is 0 Å². The molecule has 1 aliphatic heterocycles. The Morgan fingerprint density at radius 1 is 0.903 bits per heavy atom. The Morgan fingerprint density at radius 2 is 1.61 bits per heavy atom. The lowest BCUT2D eigenvalue weighted by Crippen LogP contribution is -2.47. The van der Waals surface area contributed by atoms with Gasteiger partial charge in [-0.2, -0.15) is 0 Å². The van der Waals surface area contributed by atoms with E-state index in [1.807, 2.05) is 30.3 Å². The second-order valence-corrected chi connectivity index (χ2v) is 7.60. The summed E-state index contributed by atoms with van der Waals surface area (Å²) in [7, 11) is 4.88. The first-order valence-electron chi connectivity index (χ1n) is 10.7. The monoisotopic (exact) mass is 427 g/mol. The number of hydrogen-bond acceptors (Lipinski definition) is 6. The van der Waals surface area contributed by atoms with Gasteiger partial charge in [0.2, 0.25) is 5.91 Å². The van der Waals surface area contributed by atoms with Crippen molar-refractivity contribution in [2.45, 2.75) is 12.8 Å². The highest BCUT2D eigenvalue weighted by Crippen LogP contribution is 2.27. The normalized spacial score (nSPS) is 14.2. The number of carbonyl (C=O) groups is 1. The number of amides is 1. The smallest absolute Gasteiger partial charge is 0.224 e. The predicted molar refractivity (Wildman–Crippen MR) is 123 cm³/mol. The molecule has 2 aromatic rings. The Hall–Kier alpha value is -2.93. The largest absolute Gasteiger partial charge is 0.497 e. The van der Waals surface area contributed by atoms with Gasteiger partial charge in [0.15, 0.2) is 11.5 Å². The standard InChI is InChI=1S/C24H33N3O4/c1-29-21-8-6-20(7-9-21)27-15-13-26(14-16-27)12-4-11-25-24(28)18-19-5-10-22(30-2)23(17-19)31-3/h5-10,17H,4,11-16,18H2,1-3H3,(H,25,28). The number of benzene rings is 2. The third kappa shape index (κ3) is 6.52. The van der Waals surface area contributed by atoms with E-state index in [9.17, 15) is 4.79 Å². The summed E-state index contributed by atoms with van der Waals surface area (Å²) in [6, 6.07) is 13.8. The van der Waals surface area contributed by atoms with Gasteiger partial charge in [-0.05, 0) is 54.9 Å². The fraction of sp³-hybridized carbons (Fsp3) is 0.458. The van der Waals surface area contributed by atoms with Gasteiger partial charge in [0.1, 0.15) is 5.75 Å². The maximum atomic E-state index is 12.3. The van der Waals surface area contributed by atoms with E-state index in [1.54, 1.807) is 21.3 Å². The van der Waals surface area contributed by atoms with Gasteiger partial charge in [-0.3, -0.25) is 9.69 Å². The van der Waals surface area contributed by atoms with Gasteiger partial charge in [-0.15, -0.1) is 0 Å². The highest BCUT2D eigenvalue weighted by Gasteiger charge is 2.17. The number of ether oxygens (including phenoxy) is 3. The fourth-order valence-electron chi connectivity index (χ4n) is 3.79. The summed E-state index contributed by atoms with van der Waals surface area (Å²) < 4.78 is 15.8. The molecule has 0 bridgehead atoms. The third-order valence-corrected chi connectivity index (χ3v) is 5.60. The van der Waals surface area contributed by atoms with Crippen molar-refractivity contribution in [2.24, 2.45) is 0 Å². The molecule has 1 fully saturated rings. The molecular formula is C24H33N3O4. The lowest BCUT2D eigenvalue weighted by molar-refractivity contribution is -0.120. The summed E-state index contributed by atoms with van der Waals surface area (Å²) in [6.07, 6.45) is 1.28. The van der Waals surface area contributed by atoms with Gasteiger partial charge in [0.05, 0.1) is 27.8 Å². The van der Waals surface area contributed by atoms with Crippen molar-refractivity contribution < 1.29 is 19.0 Å². The molecule has 7 nitrogen and oxygen atoms in total. The van der Waals surface area contributed by atoms with Crippen molar-refractivity contribution in [3.05, 3.63) is 48.0 Å². The van der Waals surface area contributed by atoms with Gasteiger partial charge in [0.25, 0.3) is 0 Å². The van der Waals surface area contributed by atoms with Gasteiger partial charge < -0.3 is 24.4 Å². The summed E-state index contributed by atoms with van der Waals surface area (Å²) in [5.41, 5.74) is 2.15. The summed E-state index contributed by atoms with van der Waals surface area (Å²) in [5.74, 6) is 2.22. The van der Waals surface area contributed by atoms with Crippen LogP contribution in [0.1, 0.15) is 12.0 Å². The minimum Gasteiger partial charge on any atom is -0.497 e. The van der Waals surface area contributed by atoms with Crippen LogP contribution in [-0.4, -0.2) is 71.4 Å². The van der Waals surface area contributed by atoms with E-state index in [0.717, 1.165) is 50.5 Å². The molecule has 7 heteroatoms. The molecule has 168 valence electrons. The zero-order chi connectivity index (χ0) is 22.1. The van der Waals surface area contributed by atoms with Crippen molar-refractivity contribution in [3.8, 4) is 17.2 Å². The van der Waals surface area contributed by atoms with E-state index in [2.05, 4.69) is 27.2 Å². The van der Waals surface area contributed by atoms with Crippen LogP contribution in [-0.2, 0) is 11.2 Å². The van der Waals surface area contributed by atoms with Crippen molar-refractivity contribution in [1.29, 1.82) is 0 Å². The van der Waals surface area contributed by atoms with E-state index in [-0.39, 0.29) is 5.91 Å². The average Bonchev–Trinajstić information content (AvgIpc) is 2.82. The topological polar surface area (TPSA) is 63.3 Å². The van der Waals surface area contributed by atoms with Crippen molar-refractivity contribution in [3.63, 3.8) is 0 Å². The molecule has 2 aromatic carbocycles. The molecule has 31 heavy (non-hydrogen) atoms. The molecule has 0 radical (unpaired) electrons. The summed E-state index contributed by atoms with van der Waals surface area (Å²) in [5, 5.41) is 3.02. The Labute approximate surface area is 184 Å². The molecule has 1 saturated heterocycles. The minimum absolute atomic E-state index is 0.0246. The van der Waals surface area contributed by atoms with Gasteiger partial charge in [0, 0.05) is 38.4 Å². The van der Waals surface area contributed by atoms with Crippen LogP contribution >= 0.6 is 0 Å². The molecule has 1 amide bonds. The Morgan fingerprint density at radius 3 is 2.26 bits per heavy atom. The van der Waals surface area contributed by atoms with E-state index >= 15 is 0 Å². The molecule has 0 unspecified atom stereocenters. The molecule has 0 aliphatic carbocycles. The molecule has 0 aromatic heterocycles. The quantitative estimate of drug-likeness (QED) is 0.588. The second-order valence-electron chi connectivity index (χ2n) is 7.60. The third-order valence-electron chi connectivity index (χ3n) is 5.60. The van der Waals surface area contributed by atoms with Crippen LogP contribution in [0.15, 0.2) is 42.5 Å². The number of hydrogen-bond donors (Lipinski definition) is 1. The Bertz CT molecular complexity index is 833. The molecule has 0 atom stereocenters. The van der Waals surface area contributed by atoms with E-state index in [1.165, 1.54) is 5.69 Å². The van der Waals surface area contributed by atoms with Gasteiger partial charge >= 0.3 is 0 Å². The summed E-state index contributed by atoms with van der Waals surface area (Å²) in [4.78, 5) is 17.1. The Balaban J connectivity index is 1.33. The van der Waals surface area contributed by atoms with Crippen LogP contribution in [0, 0.1) is 0 Å². The molecule has 1 N–H and O–H groups in total. The van der Waals surface area contributed by atoms with Crippen molar-refractivity contribution >= 4 is 11.6 Å². The predicted octanol–water partition coefficient (Wildman–Crippen LogP) is 2.58. The maximum absolute atomic E-state index is 12.3. The first-order valence-corrected chi connectivity index (χ1v) is 10.7. The maximum Gasteiger partial charge on any atom is 0.224 e. The number of anilines is 1. The molecule has 0 saturated carbocycles. The molecule has 1 heterocycles. The Kier molecular flexibility index (Phi) is 8.41. The molecule has 3 rings (SSSR count). The van der Waals surface area contributed by atoms with Crippen LogP contribution in [0.4, 0.5) is 5.69 Å². The SMILES string of the molecule is COc1ccc(N2CCN(CCCNC(=O)Cc3ccc(OC)c(OC)c3)CC2)cc1. The first-order chi connectivity index (χ1) is 15.1. The second kappa shape index (κ2) is 11.5. The number of nitrogens with one attached hydrogen (secondary N) is 1. The van der Waals surface area contributed by atoms with Crippen LogP contribution in [0.5, 0.6) is 17.2 Å². The number of piperazine rings is 1. The van der Waals surface area contributed by atoms with Crippen molar-refractivity contribution in [1.82, 2.24) is 10.2 Å². The number of carbonyl (C=O) groups excluding carboxylic acids is 1. The first kappa shape index (κ1) is 22.7. The zero-order valence-corrected chi connectivity index (χ0v) is 18.7. The lowest BCUT2D eigenvalue weighted by atomic mass is 10.1. The van der Waals surface area contributed by atoms with Crippen LogP contribution in [0.3, 0.4) is 0 Å². The molecule has 1 aliphatic rings. The number of rotatable bonds is 10. The van der Waals surface area contributed by atoms with Crippen LogP contribution < -0.4 is 24.4 Å². The van der Waals surface area contributed by atoms with Crippen LogP contribution in [0.25, 0.3) is 0 Å². The van der Waals surface area contributed by atoms with E-state index in [4.69, 9.17) is 14.2 Å². The summed E-state index contributed by atoms with van der Waals surface area (Å²) in [6.45, 7) is 5.77. The van der Waals surface area contributed by atoms with Gasteiger partial charge in [-0.25, -0.2) is 0 Å². The van der Waals surface area contributed by atoms with E-state index < -0.39 is 0 Å². The lowest BCUT2D eigenvalue weighted by Gasteiger charge is -2.36. The zero-order valence-electron chi connectivity index (χ0n) is 18.7. The molecule has 0 spiro atoms. The summed E-state index contributed by atoms with van der Waals surface area (Å²) >= 11 is 0. The molecular weight excluding hydrogens is 394 g/mol. The fourth-order valence-corrected chi connectivity index (χ4v) is 3.79. The highest BCUT2D eigenvalue weighted by molar-refractivity contribution is 5.78. The highest BCUT2D eigenvalue weighted by atomic mass is 16.5. The van der Waals surface area contributed by atoms with Gasteiger partial charge in [-0.1, -0.05) is 6.07 Å².